The van der Waals surface area contributed by atoms with Crippen LogP contribution in [0.5, 0.6) is 0 Å². The Labute approximate surface area is 259 Å². The summed E-state index contributed by atoms with van der Waals surface area (Å²) in [7, 11) is 0. The molecule has 0 rings (SSSR count). The van der Waals surface area contributed by atoms with Gasteiger partial charge in [-0.2, -0.15) is 0 Å². The number of hydrogen-bond acceptors (Lipinski definition) is 4. The summed E-state index contributed by atoms with van der Waals surface area (Å²) < 4.78 is 5.84. The number of carboxylic acid groups (broad SMARTS) is 1. The van der Waals surface area contributed by atoms with Crippen LogP contribution in [-0.4, -0.2) is 35.6 Å². The number of nitrogens with one attached hydrogen (secondary N) is 1. The Morgan fingerprint density at radius 2 is 1.02 bits per heavy atom. The number of hydrogen-bond donors (Lipinski definition) is 2. The number of allylic oxidation sites excluding steroid dienone is 2. The lowest BCUT2D eigenvalue weighted by molar-refractivity contribution is -0.150. The van der Waals surface area contributed by atoms with Gasteiger partial charge in [-0.15, -0.1) is 0 Å². The fourth-order valence-corrected chi connectivity index (χ4v) is 5.27. The van der Waals surface area contributed by atoms with Crippen molar-refractivity contribution in [2.75, 3.05) is 6.54 Å². The molecule has 1 amide bonds. The molecule has 0 radical (unpaired) electrons. The summed E-state index contributed by atoms with van der Waals surface area (Å²) in [4.78, 5) is 34.6. The zero-order chi connectivity index (χ0) is 30.9. The van der Waals surface area contributed by atoms with Crippen LogP contribution in [0.15, 0.2) is 12.2 Å². The van der Waals surface area contributed by atoms with Crippen molar-refractivity contribution in [3.63, 3.8) is 0 Å². The van der Waals surface area contributed by atoms with Gasteiger partial charge in [0.2, 0.25) is 5.91 Å². The average molecular weight is 594 g/mol. The van der Waals surface area contributed by atoms with Crippen molar-refractivity contribution in [2.45, 2.75) is 193 Å². The van der Waals surface area contributed by atoms with E-state index in [1.165, 1.54) is 96.3 Å². The lowest BCUT2D eigenvalue weighted by Gasteiger charge is -2.18. The van der Waals surface area contributed by atoms with Gasteiger partial charge in [-0.3, -0.25) is 14.4 Å². The molecule has 0 saturated heterocycles. The first-order valence-corrected chi connectivity index (χ1v) is 17.8. The predicted molar refractivity (Wildman–Crippen MR) is 176 cm³/mol. The van der Waals surface area contributed by atoms with E-state index in [0.717, 1.165) is 64.2 Å². The first-order chi connectivity index (χ1) is 20.5. The maximum Gasteiger partial charge on any atom is 0.322 e. The van der Waals surface area contributed by atoms with E-state index < -0.39 is 5.97 Å². The van der Waals surface area contributed by atoms with Gasteiger partial charge in [-0.05, 0) is 64.2 Å². The SMILES string of the molecule is CCCCCCCC/C=C\CCCCCCCCCCCC(=O)OC(CCCCC)CCCCCC(=O)NCC(=O)O. The third-order valence-electron chi connectivity index (χ3n) is 7.94. The fraction of sp³-hybridized carbons (Fsp3) is 0.861. The first-order valence-electron chi connectivity index (χ1n) is 17.8. The van der Waals surface area contributed by atoms with Crippen LogP contribution >= 0.6 is 0 Å². The summed E-state index contributed by atoms with van der Waals surface area (Å²) in [5, 5.41) is 11.0. The van der Waals surface area contributed by atoms with Crippen LogP contribution in [0, 0.1) is 0 Å². The Balaban J connectivity index is 3.73. The molecule has 0 aromatic rings. The van der Waals surface area contributed by atoms with E-state index in [2.05, 4.69) is 31.3 Å². The van der Waals surface area contributed by atoms with Crippen molar-refractivity contribution in [1.82, 2.24) is 5.32 Å². The lowest BCUT2D eigenvalue weighted by atomic mass is 10.0. The second-order valence-corrected chi connectivity index (χ2v) is 12.1. The highest BCUT2D eigenvalue weighted by Gasteiger charge is 2.14. The number of carboxylic acids is 1. The Hall–Kier alpha value is -1.85. The number of carbonyl (C=O) groups excluding carboxylic acids is 2. The zero-order valence-electron chi connectivity index (χ0n) is 27.6. The lowest BCUT2D eigenvalue weighted by Crippen LogP contribution is -2.28. The number of esters is 1. The van der Waals surface area contributed by atoms with Crippen LogP contribution in [-0.2, 0) is 19.1 Å². The normalized spacial score (nSPS) is 12.0. The molecule has 0 spiro atoms. The molecule has 0 aromatic carbocycles. The summed E-state index contributed by atoms with van der Waals surface area (Å²) in [6.45, 7) is 4.12. The first kappa shape index (κ1) is 40.1. The van der Waals surface area contributed by atoms with Crippen LogP contribution < -0.4 is 5.32 Å². The van der Waals surface area contributed by atoms with E-state index >= 15 is 0 Å². The highest BCUT2D eigenvalue weighted by Crippen LogP contribution is 2.17. The molecule has 0 aliphatic heterocycles. The smallest absolute Gasteiger partial charge is 0.322 e. The van der Waals surface area contributed by atoms with Crippen molar-refractivity contribution in [3.8, 4) is 0 Å². The number of ether oxygens (including phenoxy) is 1. The molecule has 0 heterocycles. The molecule has 2 N–H and O–H groups in total. The molecule has 0 aliphatic rings. The molecule has 0 bridgehead atoms. The molecule has 0 aromatic heterocycles. The second-order valence-electron chi connectivity index (χ2n) is 12.1. The molecule has 6 heteroatoms. The monoisotopic (exact) mass is 594 g/mol. The number of carbonyl (C=O) groups is 3. The summed E-state index contributed by atoms with van der Waals surface area (Å²) in [6, 6.07) is 0. The molecule has 246 valence electrons. The average Bonchev–Trinajstić information content (AvgIpc) is 2.97. The largest absolute Gasteiger partial charge is 0.480 e. The van der Waals surface area contributed by atoms with Gasteiger partial charge in [0, 0.05) is 12.8 Å². The van der Waals surface area contributed by atoms with Gasteiger partial charge in [-0.1, -0.05) is 122 Å². The molecule has 0 saturated carbocycles. The van der Waals surface area contributed by atoms with Crippen LogP contribution in [0.2, 0.25) is 0 Å². The van der Waals surface area contributed by atoms with Gasteiger partial charge in [0.1, 0.15) is 12.6 Å². The van der Waals surface area contributed by atoms with Crippen LogP contribution in [0.25, 0.3) is 0 Å². The van der Waals surface area contributed by atoms with Crippen molar-refractivity contribution in [1.29, 1.82) is 0 Å². The maximum absolute atomic E-state index is 12.4. The Kier molecular flexibility index (Phi) is 30.7. The molecule has 6 nitrogen and oxygen atoms in total. The van der Waals surface area contributed by atoms with E-state index in [1.807, 2.05) is 0 Å². The van der Waals surface area contributed by atoms with E-state index in [4.69, 9.17) is 9.84 Å². The molecule has 0 aliphatic carbocycles. The zero-order valence-corrected chi connectivity index (χ0v) is 27.6. The molecule has 42 heavy (non-hydrogen) atoms. The van der Waals surface area contributed by atoms with Gasteiger partial charge in [0.25, 0.3) is 0 Å². The minimum atomic E-state index is -1.03. The molecule has 0 fully saturated rings. The van der Waals surface area contributed by atoms with E-state index in [-0.39, 0.29) is 24.5 Å². The standard InChI is InChI=1S/C36H67NO5/c1-3-5-7-8-9-10-11-12-13-14-15-16-17-18-19-20-21-22-27-31-36(41)42-33(28-24-6-4-2)29-25-23-26-30-34(38)37-32-35(39)40/h12-13,33H,3-11,14-32H2,1-2H3,(H,37,38)(H,39,40)/b13-12-. The quantitative estimate of drug-likeness (QED) is 0.0460. The Morgan fingerprint density at radius 3 is 1.57 bits per heavy atom. The molecule has 1 unspecified atom stereocenters. The van der Waals surface area contributed by atoms with Gasteiger partial charge in [0.05, 0.1) is 0 Å². The van der Waals surface area contributed by atoms with Crippen LogP contribution in [0.4, 0.5) is 0 Å². The highest BCUT2D eigenvalue weighted by atomic mass is 16.5. The van der Waals surface area contributed by atoms with Crippen LogP contribution in [0.1, 0.15) is 187 Å². The predicted octanol–water partition coefficient (Wildman–Crippen LogP) is 10.2. The maximum atomic E-state index is 12.4. The van der Waals surface area contributed by atoms with Gasteiger partial charge in [-0.25, -0.2) is 0 Å². The molecule has 1 atom stereocenters. The second kappa shape index (κ2) is 32.1. The summed E-state index contributed by atoms with van der Waals surface area (Å²) in [6.07, 6.45) is 35.1. The van der Waals surface area contributed by atoms with Gasteiger partial charge < -0.3 is 15.2 Å². The van der Waals surface area contributed by atoms with Crippen LogP contribution in [0.3, 0.4) is 0 Å². The Morgan fingerprint density at radius 1 is 0.595 bits per heavy atom. The van der Waals surface area contributed by atoms with Gasteiger partial charge >= 0.3 is 11.9 Å². The van der Waals surface area contributed by atoms with E-state index in [9.17, 15) is 14.4 Å². The highest BCUT2D eigenvalue weighted by molar-refractivity contribution is 5.80. The van der Waals surface area contributed by atoms with Gasteiger partial charge in [0.15, 0.2) is 0 Å². The van der Waals surface area contributed by atoms with Crippen molar-refractivity contribution in [3.05, 3.63) is 12.2 Å². The molecular weight excluding hydrogens is 526 g/mol. The van der Waals surface area contributed by atoms with Crippen molar-refractivity contribution in [2.24, 2.45) is 0 Å². The fourth-order valence-electron chi connectivity index (χ4n) is 5.27. The topological polar surface area (TPSA) is 92.7 Å². The Bertz CT molecular complexity index is 663. The number of unbranched alkanes of at least 4 members (excludes halogenated alkanes) is 19. The summed E-state index contributed by atoms with van der Waals surface area (Å²) >= 11 is 0. The summed E-state index contributed by atoms with van der Waals surface area (Å²) in [5.74, 6) is -1.32. The number of amides is 1. The van der Waals surface area contributed by atoms with Crippen molar-refractivity contribution >= 4 is 17.8 Å². The third-order valence-corrected chi connectivity index (χ3v) is 7.94. The number of rotatable bonds is 32. The third kappa shape index (κ3) is 31.1. The van der Waals surface area contributed by atoms with Crippen molar-refractivity contribution < 1.29 is 24.2 Å². The number of aliphatic carboxylic acids is 1. The molecular formula is C36H67NO5. The van der Waals surface area contributed by atoms with E-state index in [0.29, 0.717) is 12.8 Å². The minimum Gasteiger partial charge on any atom is -0.480 e. The summed E-state index contributed by atoms with van der Waals surface area (Å²) in [5.41, 5.74) is 0. The minimum absolute atomic E-state index is 0.0271. The van der Waals surface area contributed by atoms with E-state index in [1.54, 1.807) is 0 Å².